The molecular weight excluding hydrogens is 218 g/mol. The van der Waals surface area contributed by atoms with Gasteiger partial charge in [-0.25, -0.2) is 0 Å². The average molecular weight is 243 g/mol. The lowest BCUT2D eigenvalue weighted by molar-refractivity contribution is 0.195. The van der Waals surface area contributed by atoms with Crippen LogP contribution in [0.3, 0.4) is 0 Å². The first-order valence-corrected chi connectivity index (χ1v) is 7.57. The highest BCUT2D eigenvalue weighted by atomic mass is 15.0. The van der Waals surface area contributed by atoms with Crippen molar-refractivity contribution in [3.8, 4) is 0 Å². The summed E-state index contributed by atoms with van der Waals surface area (Å²) in [4.78, 5) is 0. The SMILES string of the molecule is C[C@H]1CC2(CCCCC2)N[C@H](C)c2ccccc21. The van der Waals surface area contributed by atoms with E-state index in [2.05, 4.69) is 43.4 Å². The lowest BCUT2D eigenvalue weighted by atomic mass is 9.75. The summed E-state index contributed by atoms with van der Waals surface area (Å²) in [6.45, 7) is 4.75. The molecule has 1 spiro atoms. The fourth-order valence-electron chi connectivity index (χ4n) is 4.22. The predicted octanol–water partition coefficient (Wildman–Crippen LogP) is 4.55. The lowest BCUT2D eigenvalue weighted by Crippen LogP contribution is -2.47. The van der Waals surface area contributed by atoms with E-state index in [-0.39, 0.29) is 0 Å². The Morgan fingerprint density at radius 2 is 1.67 bits per heavy atom. The molecule has 1 nitrogen and oxygen atoms in total. The molecule has 1 N–H and O–H groups in total. The molecular formula is C17H25N. The molecule has 3 rings (SSSR count). The minimum Gasteiger partial charge on any atom is -0.305 e. The second kappa shape index (κ2) is 4.70. The zero-order valence-corrected chi connectivity index (χ0v) is 11.7. The standard InChI is InChI=1S/C17H25N/c1-13-12-17(10-6-3-7-11-17)18-14(2)16-9-5-4-8-15(13)16/h4-5,8-9,13-14,18H,3,6-7,10-12H2,1-2H3/t13-,14+/m0/s1. The normalized spacial score (nSPS) is 30.8. The minimum atomic E-state index is 0.413. The maximum Gasteiger partial charge on any atom is 0.0299 e. The van der Waals surface area contributed by atoms with E-state index >= 15 is 0 Å². The van der Waals surface area contributed by atoms with Crippen molar-refractivity contribution in [3.63, 3.8) is 0 Å². The van der Waals surface area contributed by atoms with Crippen LogP contribution in [0.25, 0.3) is 0 Å². The summed E-state index contributed by atoms with van der Waals surface area (Å²) in [5.41, 5.74) is 3.50. The first-order valence-electron chi connectivity index (χ1n) is 7.57. The summed E-state index contributed by atoms with van der Waals surface area (Å²) in [5, 5.41) is 3.98. The number of benzene rings is 1. The van der Waals surface area contributed by atoms with Gasteiger partial charge >= 0.3 is 0 Å². The molecule has 0 unspecified atom stereocenters. The Morgan fingerprint density at radius 1 is 1.00 bits per heavy atom. The summed E-state index contributed by atoms with van der Waals surface area (Å²) >= 11 is 0. The minimum absolute atomic E-state index is 0.413. The molecule has 1 aliphatic heterocycles. The molecule has 1 heterocycles. The van der Waals surface area contributed by atoms with E-state index in [1.807, 2.05) is 0 Å². The predicted molar refractivity (Wildman–Crippen MR) is 76.8 cm³/mol. The summed E-state index contributed by atoms with van der Waals surface area (Å²) in [6, 6.07) is 9.53. The van der Waals surface area contributed by atoms with Gasteiger partial charge in [0.2, 0.25) is 0 Å². The van der Waals surface area contributed by atoms with Crippen molar-refractivity contribution < 1.29 is 0 Å². The molecule has 0 saturated heterocycles. The van der Waals surface area contributed by atoms with Crippen molar-refractivity contribution in [2.24, 2.45) is 0 Å². The third-order valence-corrected chi connectivity index (χ3v) is 5.02. The van der Waals surface area contributed by atoms with E-state index in [4.69, 9.17) is 0 Å². The first kappa shape index (κ1) is 12.2. The third-order valence-electron chi connectivity index (χ3n) is 5.02. The fraction of sp³-hybridized carbons (Fsp3) is 0.647. The van der Waals surface area contributed by atoms with Crippen molar-refractivity contribution in [2.75, 3.05) is 0 Å². The Labute approximate surface area is 111 Å². The molecule has 1 aromatic rings. The number of nitrogens with one attached hydrogen (secondary N) is 1. The zero-order valence-electron chi connectivity index (χ0n) is 11.7. The Bertz CT molecular complexity index is 384. The number of hydrogen-bond donors (Lipinski definition) is 1. The van der Waals surface area contributed by atoms with Gasteiger partial charge in [0.05, 0.1) is 0 Å². The van der Waals surface area contributed by atoms with Crippen molar-refractivity contribution in [1.82, 2.24) is 5.32 Å². The summed E-state index contributed by atoms with van der Waals surface area (Å²) in [7, 11) is 0. The highest BCUT2D eigenvalue weighted by Gasteiger charge is 2.37. The molecule has 0 amide bonds. The van der Waals surface area contributed by atoms with Gasteiger partial charge in [0.1, 0.15) is 0 Å². The molecule has 98 valence electrons. The van der Waals surface area contributed by atoms with E-state index in [1.54, 1.807) is 5.56 Å². The Balaban J connectivity index is 1.95. The summed E-state index contributed by atoms with van der Waals surface area (Å²) in [6.07, 6.45) is 8.30. The smallest absolute Gasteiger partial charge is 0.0299 e. The Hall–Kier alpha value is -0.820. The molecule has 1 heteroatoms. The fourth-order valence-corrected chi connectivity index (χ4v) is 4.22. The van der Waals surface area contributed by atoms with Gasteiger partial charge in [0, 0.05) is 11.6 Å². The van der Waals surface area contributed by atoms with Crippen LogP contribution in [0.5, 0.6) is 0 Å². The van der Waals surface area contributed by atoms with Gasteiger partial charge < -0.3 is 5.32 Å². The largest absolute Gasteiger partial charge is 0.305 e. The van der Waals surface area contributed by atoms with Gasteiger partial charge in [-0.3, -0.25) is 0 Å². The van der Waals surface area contributed by atoms with Crippen molar-refractivity contribution in [2.45, 2.75) is 69.9 Å². The number of rotatable bonds is 0. The molecule has 0 bridgehead atoms. The van der Waals surface area contributed by atoms with Crippen LogP contribution < -0.4 is 5.32 Å². The monoisotopic (exact) mass is 243 g/mol. The van der Waals surface area contributed by atoms with Gasteiger partial charge in [0.15, 0.2) is 0 Å². The lowest BCUT2D eigenvalue weighted by Gasteiger charge is -2.40. The molecule has 1 fully saturated rings. The Morgan fingerprint density at radius 3 is 2.39 bits per heavy atom. The maximum atomic E-state index is 3.98. The second-order valence-electron chi connectivity index (χ2n) is 6.44. The van der Waals surface area contributed by atoms with Crippen molar-refractivity contribution >= 4 is 0 Å². The van der Waals surface area contributed by atoms with Crippen LogP contribution in [0.15, 0.2) is 24.3 Å². The Kier molecular flexibility index (Phi) is 3.19. The molecule has 1 saturated carbocycles. The number of hydrogen-bond acceptors (Lipinski definition) is 1. The van der Waals surface area contributed by atoms with Crippen molar-refractivity contribution in [1.29, 1.82) is 0 Å². The summed E-state index contributed by atoms with van der Waals surface area (Å²) in [5.74, 6) is 0.691. The van der Waals surface area contributed by atoms with Crippen LogP contribution in [0.4, 0.5) is 0 Å². The molecule has 0 radical (unpaired) electrons. The van der Waals surface area contributed by atoms with Gasteiger partial charge in [-0.15, -0.1) is 0 Å². The van der Waals surface area contributed by atoms with Crippen LogP contribution >= 0.6 is 0 Å². The highest BCUT2D eigenvalue weighted by molar-refractivity contribution is 5.34. The van der Waals surface area contributed by atoms with E-state index in [1.165, 1.54) is 44.1 Å². The summed E-state index contributed by atoms with van der Waals surface area (Å²) < 4.78 is 0. The van der Waals surface area contributed by atoms with Gasteiger partial charge in [-0.2, -0.15) is 0 Å². The van der Waals surface area contributed by atoms with Crippen LogP contribution in [0, 0.1) is 0 Å². The quantitative estimate of drug-likeness (QED) is 0.705. The molecule has 0 aromatic heterocycles. The van der Waals surface area contributed by atoms with Gasteiger partial charge in [-0.1, -0.05) is 50.5 Å². The molecule has 1 aliphatic carbocycles. The molecule has 18 heavy (non-hydrogen) atoms. The molecule has 2 aliphatic rings. The van der Waals surface area contributed by atoms with Crippen LogP contribution in [-0.2, 0) is 0 Å². The van der Waals surface area contributed by atoms with Gasteiger partial charge in [-0.05, 0) is 43.2 Å². The first-order chi connectivity index (χ1) is 8.70. The third kappa shape index (κ3) is 2.09. The van der Waals surface area contributed by atoms with E-state index in [0.717, 1.165) is 0 Å². The van der Waals surface area contributed by atoms with E-state index in [0.29, 0.717) is 17.5 Å². The molecule has 1 aromatic carbocycles. The highest BCUT2D eigenvalue weighted by Crippen LogP contribution is 2.42. The maximum absolute atomic E-state index is 3.98. The van der Waals surface area contributed by atoms with Crippen molar-refractivity contribution in [3.05, 3.63) is 35.4 Å². The molecule has 2 atom stereocenters. The zero-order chi connectivity index (χ0) is 12.6. The van der Waals surface area contributed by atoms with Crippen LogP contribution in [-0.4, -0.2) is 5.54 Å². The van der Waals surface area contributed by atoms with E-state index < -0.39 is 0 Å². The topological polar surface area (TPSA) is 12.0 Å². The average Bonchev–Trinajstić information content (AvgIpc) is 2.48. The number of fused-ring (bicyclic) bond motifs is 1. The second-order valence-corrected chi connectivity index (χ2v) is 6.44. The van der Waals surface area contributed by atoms with E-state index in [9.17, 15) is 0 Å². The van der Waals surface area contributed by atoms with Crippen LogP contribution in [0.2, 0.25) is 0 Å². The van der Waals surface area contributed by atoms with Crippen LogP contribution in [0.1, 0.15) is 75.5 Å². The van der Waals surface area contributed by atoms with Gasteiger partial charge in [0.25, 0.3) is 0 Å².